The van der Waals surface area contributed by atoms with Gasteiger partial charge in [-0.15, -0.1) is 0 Å². The molecule has 0 aromatic carbocycles. The van der Waals surface area contributed by atoms with Crippen LogP contribution in [-0.2, 0) is 9.59 Å². The Morgan fingerprint density at radius 2 is 2.00 bits per heavy atom. The summed E-state index contributed by atoms with van der Waals surface area (Å²) in [5.74, 6) is -2.85. The Bertz CT molecular complexity index is 631. The second-order valence-electron chi connectivity index (χ2n) is 4.23. The van der Waals surface area contributed by atoms with Gasteiger partial charge in [0.15, 0.2) is 11.5 Å². The van der Waals surface area contributed by atoms with Crippen LogP contribution in [0.3, 0.4) is 0 Å². The average Bonchev–Trinajstić information content (AvgIpc) is 2.66. The zero-order valence-electron chi connectivity index (χ0n) is 10.9. The van der Waals surface area contributed by atoms with Crippen LogP contribution < -0.4 is 5.32 Å². The third-order valence-corrected chi connectivity index (χ3v) is 2.69. The van der Waals surface area contributed by atoms with Gasteiger partial charge in [0, 0.05) is 19.4 Å². The van der Waals surface area contributed by atoms with Gasteiger partial charge in [-0.1, -0.05) is 0 Å². The number of carboxylic acid groups (broad SMARTS) is 1. The van der Waals surface area contributed by atoms with Gasteiger partial charge in [-0.3, -0.25) is 14.5 Å². The molecule has 0 bridgehead atoms. The number of likely N-dealkylation sites (N-methyl/N-ethyl adjacent to an activating group) is 1. The number of anilines is 1. The quantitative estimate of drug-likeness (QED) is 0.681. The largest absolute Gasteiger partial charge is 0.476 e. The van der Waals surface area contributed by atoms with Gasteiger partial charge in [0.1, 0.15) is 13.1 Å². The smallest absolute Gasteiger partial charge is 0.358 e. The Morgan fingerprint density at radius 1 is 1.33 bits per heavy atom. The summed E-state index contributed by atoms with van der Waals surface area (Å²) in [5.41, 5.74) is -0.429. The van der Waals surface area contributed by atoms with Crippen molar-refractivity contribution in [3.05, 3.63) is 18.1 Å². The minimum atomic E-state index is -1.36. The Morgan fingerprint density at radius 3 is 2.57 bits per heavy atom. The fourth-order valence-corrected chi connectivity index (χ4v) is 1.73. The number of carbonyl (C=O) groups excluding carboxylic acids is 3. The molecule has 21 heavy (non-hydrogen) atoms. The monoisotopic (exact) mass is 293 g/mol. The van der Waals surface area contributed by atoms with Crippen LogP contribution in [-0.4, -0.2) is 68.8 Å². The number of imide groups is 1. The topological polar surface area (TPSA) is 133 Å². The maximum atomic E-state index is 11.8. The van der Waals surface area contributed by atoms with Gasteiger partial charge in [-0.05, 0) is 0 Å². The number of amides is 4. The lowest BCUT2D eigenvalue weighted by atomic mass is 10.4. The van der Waals surface area contributed by atoms with Crippen molar-refractivity contribution in [2.24, 2.45) is 0 Å². The van der Waals surface area contributed by atoms with Crippen molar-refractivity contribution in [2.75, 3.05) is 25.5 Å². The van der Waals surface area contributed by atoms with E-state index >= 15 is 0 Å². The fourth-order valence-electron chi connectivity index (χ4n) is 1.73. The van der Waals surface area contributed by atoms with Gasteiger partial charge in [0.2, 0.25) is 5.91 Å². The highest BCUT2D eigenvalue weighted by molar-refractivity contribution is 6.06. The van der Waals surface area contributed by atoms with E-state index in [2.05, 4.69) is 15.3 Å². The number of nitrogens with one attached hydrogen (secondary N) is 1. The van der Waals surface area contributed by atoms with E-state index in [-0.39, 0.29) is 12.4 Å². The molecule has 0 saturated carbocycles. The van der Waals surface area contributed by atoms with Crippen LogP contribution in [0, 0.1) is 0 Å². The molecule has 0 unspecified atom stereocenters. The highest BCUT2D eigenvalue weighted by Crippen LogP contribution is 2.10. The first-order chi connectivity index (χ1) is 9.90. The van der Waals surface area contributed by atoms with Crippen molar-refractivity contribution >= 4 is 29.6 Å². The van der Waals surface area contributed by atoms with E-state index in [9.17, 15) is 19.2 Å². The van der Waals surface area contributed by atoms with Crippen LogP contribution in [0.1, 0.15) is 10.5 Å². The first-order valence-electron chi connectivity index (χ1n) is 5.79. The first kappa shape index (κ1) is 14.4. The van der Waals surface area contributed by atoms with Gasteiger partial charge >= 0.3 is 12.0 Å². The molecule has 1 saturated heterocycles. The Kier molecular flexibility index (Phi) is 3.78. The highest BCUT2D eigenvalue weighted by Gasteiger charge is 2.35. The minimum absolute atomic E-state index is 0.0996. The van der Waals surface area contributed by atoms with Crippen LogP contribution in [0.5, 0.6) is 0 Å². The van der Waals surface area contributed by atoms with Crippen molar-refractivity contribution in [2.45, 2.75) is 0 Å². The highest BCUT2D eigenvalue weighted by atomic mass is 16.4. The number of aromatic nitrogens is 2. The number of hydrogen-bond donors (Lipinski definition) is 2. The fraction of sp³-hybridized carbons (Fsp3) is 0.273. The van der Waals surface area contributed by atoms with E-state index in [1.54, 1.807) is 0 Å². The van der Waals surface area contributed by atoms with Gasteiger partial charge in [0.25, 0.3) is 5.91 Å². The van der Waals surface area contributed by atoms with Crippen LogP contribution in [0.25, 0.3) is 0 Å². The zero-order chi connectivity index (χ0) is 15.6. The van der Waals surface area contributed by atoms with E-state index < -0.39 is 36.1 Å². The SMILES string of the molecule is CN1CC(=O)N(CC(=O)Nc2nccnc2C(=O)O)C1=O. The molecule has 1 aliphatic heterocycles. The molecule has 10 heteroatoms. The molecule has 110 valence electrons. The molecule has 2 N–H and O–H groups in total. The van der Waals surface area contributed by atoms with Gasteiger partial charge in [0.05, 0.1) is 0 Å². The normalized spacial score (nSPS) is 14.5. The van der Waals surface area contributed by atoms with Crippen LogP contribution in [0.15, 0.2) is 12.4 Å². The molecule has 1 fully saturated rings. The lowest BCUT2D eigenvalue weighted by Crippen LogP contribution is -2.38. The maximum Gasteiger partial charge on any atom is 0.358 e. The van der Waals surface area contributed by atoms with Crippen molar-refractivity contribution in [3.8, 4) is 0 Å². The number of carboxylic acids is 1. The van der Waals surface area contributed by atoms with E-state index in [1.165, 1.54) is 24.3 Å². The van der Waals surface area contributed by atoms with E-state index in [4.69, 9.17) is 5.11 Å². The molecule has 1 aliphatic rings. The van der Waals surface area contributed by atoms with E-state index in [0.29, 0.717) is 0 Å². The summed E-state index contributed by atoms with van der Waals surface area (Å²) in [6, 6.07) is -0.590. The third-order valence-electron chi connectivity index (χ3n) is 2.69. The maximum absolute atomic E-state index is 11.8. The molecule has 4 amide bonds. The van der Waals surface area contributed by atoms with Gasteiger partial charge < -0.3 is 15.3 Å². The second kappa shape index (κ2) is 5.53. The predicted octanol–water partition coefficient (Wildman–Crippen LogP) is -0.993. The molecule has 0 spiro atoms. The Labute approximate surface area is 118 Å². The molecular formula is C11H11N5O5. The lowest BCUT2D eigenvalue weighted by molar-refractivity contribution is -0.129. The van der Waals surface area contributed by atoms with Crippen molar-refractivity contribution in [1.82, 2.24) is 19.8 Å². The molecule has 0 aliphatic carbocycles. The van der Waals surface area contributed by atoms with Crippen LogP contribution in [0.2, 0.25) is 0 Å². The summed E-state index contributed by atoms with van der Waals surface area (Å²) in [6.07, 6.45) is 2.38. The number of urea groups is 1. The minimum Gasteiger partial charge on any atom is -0.476 e. The molecule has 2 heterocycles. The lowest BCUT2D eigenvalue weighted by Gasteiger charge is -2.13. The summed E-state index contributed by atoms with van der Waals surface area (Å²) < 4.78 is 0. The van der Waals surface area contributed by atoms with Crippen molar-refractivity contribution < 1.29 is 24.3 Å². The third kappa shape index (κ3) is 2.94. The van der Waals surface area contributed by atoms with E-state index in [0.717, 1.165) is 4.90 Å². The second-order valence-corrected chi connectivity index (χ2v) is 4.23. The molecule has 1 aromatic heterocycles. The summed E-state index contributed by atoms with van der Waals surface area (Å²) in [4.78, 5) is 55.1. The van der Waals surface area contributed by atoms with E-state index in [1.807, 2.05) is 0 Å². The summed E-state index contributed by atoms with van der Waals surface area (Å²) in [6.45, 7) is -0.616. The number of hydrogen-bond acceptors (Lipinski definition) is 6. The molecule has 10 nitrogen and oxygen atoms in total. The number of rotatable bonds is 4. The summed E-state index contributed by atoms with van der Waals surface area (Å²) >= 11 is 0. The molecule has 1 aromatic rings. The first-order valence-corrected chi connectivity index (χ1v) is 5.79. The van der Waals surface area contributed by atoms with Crippen LogP contribution in [0.4, 0.5) is 10.6 Å². The Hall–Kier alpha value is -3.04. The average molecular weight is 293 g/mol. The van der Waals surface area contributed by atoms with Crippen molar-refractivity contribution in [1.29, 1.82) is 0 Å². The molecule has 2 rings (SSSR count). The van der Waals surface area contributed by atoms with Gasteiger partial charge in [-0.2, -0.15) is 0 Å². The summed E-state index contributed by atoms with van der Waals surface area (Å²) in [7, 11) is 1.43. The summed E-state index contributed by atoms with van der Waals surface area (Å²) in [5, 5.41) is 11.1. The predicted molar refractivity (Wildman–Crippen MR) is 67.4 cm³/mol. The van der Waals surface area contributed by atoms with Crippen molar-refractivity contribution in [3.63, 3.8) is 0 Å². The van der Waals surface area contributed by atoms with Crippen LogP contribution >= 0.6 is 0 Å². The number of nitrogens with zero attached hydrogens (tertiary/aromatic N) is 4. The molecule has 0 radical (unpaired) electrons. The number of aromatic carboxylic acids is 1. The number of carbonyl (C=O) groups is 4. The van der Waals surface area contributed by atoms with Gasteiger partial charge in [-0.25, -0.2) is 19.6 Å². The zero-order valence-corrected chi connectivity index (χ0v) is 10.9. The molecule has 0 atom stereocenters. The molecular weight excluding hydrogens is 282 g/mol. The Balaban J connectivity index is 2.08. The standard InChI is InChI=1S/C11H11N5O5/c1-15-5-7(18)16(11(15)21)4-6(17)14-9-8(10(19)20)12-2-3-13-9/h2-3H,4-5H2,1H3,(H,19,20)(H,13,14,17).